The molecule has 4 rings (SSSR count). The van der Waals surface area contributed by atoms with E-state index in [2.05, 4.69) is 16.8 Å². The Balaban J connectivity index is 1.46. The number of amides is 1. The Kier molecular flexibility index (Phi) is 5.74. The highest BCUT2D eigenvalue weighted by atomic mass is 16.2. The first-order valence-electron chi connectivity index (χ1n) is 10.4. The number of anilines is 1. The van der Waals surface area contributed by atoms with Gasteiger partial charge in [-0.1, -0.05) is 30.3 Å². The summed E-state index contributed by atoms with van der Waals surface area (Å²) < 4.78 is 0. The summed E-state index contributed by atoms with van der Waals surface area (Å²) in [6, 6.07) is 12.0. The van der Waals surface area contributed by atoms with Gasteiger partial charge in [0.2, 0.25) is 5.91 Å². The molecule has 1 aliphatic carbocycles. The lowest BCUT2D eigenvalue weighted by Gasteiger charge is -2.25. The van der Waals surface area contributed by atoms with Crippen molar-refractivity contribution in [1.29, 1.82) is 0 Å². The number of nitrogens with zero attached hydrogens (tertiary/aromatic N) is 3. The van der Waals surface area contributed by atoms with E-state index < -0.39 is 0 Å². The van der Waals surface area contributed by atoms with E-state index in [1.165, 1.54) is 5.69 Å². The minimum absolute atomic E-state index is 0.0666. The summed E-state index contributed by atoms with van der Waals surface area (Å²) >= 11 is 0. The lowest BCUT2D eigenvalue weighted by Crippen LogP contribution is -2.35. The van der Waals surface area contributed by atoms with Crippen LogP contribution in [0.3, 0.4) is 0 Å². The van der Waals surface area contributed by atoms with Gasteiger partial charge in [0.25, 0.3) is 0 Å². The van der Waals surface area contributed by atoms with Gasteiger partial charge >= 0.3 is 0 Å². The van der Waals surface area contributed by atoms with E-state index in [0.29, 0.717) is 18.5 Å². The molecule has 0 atom stereocenters. The van der Waals surface area contributed by atoms with E-state index in [-0.39, 0.29) is 18.1 Å². The second-order valence-corrected chi connectivity index (χ2v) is 7.81. The summed E-state index contributed by atoms with van der Waals surface area (Å²) in [5.74, 6) is 0.193. The Bertz CT molecular complexity index is 936. The van der Waals surface area contributed by atoms with Crippen LogP contribution >= 0.6 is 0 Å². The third kappa shape index (κ3) is 4.24. The Hall–Kier alpha value is -2.95. The number of carbonyl (C=O) groups excluding carboxylic acids is 2. The molecule has 1 aromatic heterocycles. The first-order valence-corrected chi connectivity index (χ1v) is 10.4. The molecule has 2 aliphatic rings. The van der Waals surface area contributed by atoms with Crippen LogP contribution in [-0.2, 0) is 9.59 Å². The first-order chi connectivity index (χ1) is 14.1. The lowest BCUT2D eigenvalue weighted by molar-refractivity contribution is -0.131. The molecular weight excluding hydrogens is 362 g/mol. The molecule has 150 valence electrons. The molecule has 1 fully saturated rings. The fraction of sp³-hybridized carbons (Fsp3) is 0.375. The van der Waals surface area contributed by atoms with Crippen LogP contribution in [0, 0.1) is 6.92 Å². The van der Waals surface area contributed by atoms with E-state index >= 15 is 0 Å². The Morgan fingerprint density at radius 3 is 2.66 bits per heavy atom. The van der Waals surface area contributed by atoms with Gasteiger partial charge < -0.3 is 9.80 Å². The van der Waals surface area contributed by atoms with Gasteiger partial charge in [-0.25, -0.2) is 0 Å². The highest BCUT2D eigenvalue weighted by molar-refractivity contribution is 6.10. The largest absolute Gasteiger partial charge is 0.369 e. The van der Waals surface area contributed by atoms with Crippen LogP contribution in [0.4, 0.5) is 5.69 Å². The average molecular weight is 389 g/mol. The molecule has 0 unspecified atom stereocenters. The second-order valence-electron chi connectivity index (χ2n) is 7.81. The van der Waals surface area contributed by atoms with E-state index in [9.17, 15) is 9.59 Å². The van der Waals surface area contributed by atoms with Gasteiger partial charge in [0, 0.05) is 56.3 Å². The number of hydrogen-bond acceptors (Lipinski definition) is 4. The SMILES string of the molecule is Cc1cnccc1N1CCCN(C(=O)CC2=C(c3ccccc3)CCC2=O)CC1. The van der Waals surface area contributed by atoms with Crippen molar-refractivity contribution in [2.75, 3.05) is 31.1 Å². The predicted octanol–water partition coefficient (Wildman–Crippen LogP) is 3.64. The maximum Gasteiger partial charge on any atom is 0.227 e. The summed E-state index contributed by atoms with van der Waals surface area (Å²) in [5.41, 5.74) is 5.17. The third-order valence-corrected chi connectivity index (χ3v) is 5.93. The van der Waals surface area contributed by atoms with Gasteiger partial charge in [-0.15, -0.1) is 0 Å². The Morgan fingerprint density at radius 2 is 1.86 bits per heavy atom. The van der Waals surface area contributed by atoms with Gasteiger partial charge in [0.1, 0.15) is 0 Å². The van der Waals surface area contributed by atoms with Crippen LogP contribution in [0.25, 0.3) is 5.57 Å². The number of hydrogen-bond donors (Lipinski definition) is 0. The Morgan fingerprint density at radius 1 is 1.03 bits per heavy atom. The normalized spacial score (nSPS) is 17.6. The van der Waals surface area contributed by atoms with Gasteiger partial charge in [0.15, 0.2) is 5.78 Å². The topological polar surface area (TPSA) is 53.5 Å². The van der Waals surface area contributed by atoms with E-state index in [0.717, 1.165) is 49.2 Å². The molecule has 2 aromatic rings. The molecule has 5 heteroatoms. The van der Waals surface area contributed by atoms with E-state index in [1.54, 1.807) is 0 Å². The fourth-order valence-electron chi connectivity index (χ4n) is 4.36. The monoisotopic (exact) mass is 389 g/mol. The number of aryl methyl sites for hydroxylation is 1. The van der Waals surface area contributed by atoms with Gasteiger partial charge in [-0.3, -0.25) is 14.6 Å². The van der Waals surface area contributed by atoms with Crippen molar-refractivity contribution < 1.29 is 9.59 Å². The molecule has 1 aromatic carbocycles. The number of ketones is 1. The van der Waals surface area contributed by atoms with Crippen LogP contribution < -0.4 is 4.90 Å². The summed E-state index contributed by atoms with van der Waals surface area (Å²) in [7, 11) is 0. The molecule has 0 N–H and O–H groups in total. The minimum atomic E-state index is 0.0666. The summed E-state index contributed by atoms with van der Waals surface area (Å²) in [5, 5.41) is 0. The summed E-state index contributed by atoms with van der Waals surface area (Å²) in [6.07, 6.45) is 6.09. The Labute approximate surface area is 172 Å². The molecular formula is C24H27N3O2. The first kappa shape index (κ1) is 19.4. The van der Waals surface area contributed by atoms with E-state index in [4.69, 9.17) is 0 Å². The minimum Gasteiger partial charge on any atom is -0.369 e. The summed E-state index contributed by atoms with van der Waals surface area (Å²) in [6.45, 7) is 5.21. The maximum atomic E-state index is 13.1. The zero-order valence-corrected chi connectivity index (χ0v) is 16.9. The maximum absolute atomic E-state index is 13.1. The number of Topliss-reactive ketones (excluding diaryl/α,β-unsaturated/α-hetero) is 1. The number of benzene rings is 1. The van der Waals surface area contributed by atoms with Gasteiger partial charge in [-0.2, -0.15) is 0 Å². The van der Waals surface area contributed by atoms with Crippen LogP contribution in [0.1, 0.15) is 36.8 Å². The molecule has 0 saturated carbocycles. The predicted molar refractivity (Wildman–Crippen MR) is 115 cm³/mol. The van der Waals surface area contributed by atoms with Crippen molar-refractivity contribution in [2.45, 2.75) is 32.6 Å². The molecule has 2 heterocycles. The number of rotatable bonds is 4. The van der Waals surface area contributed by atoms with Crippen LogP contribution in [0.5, 0.6) is 0 Å². The molecule has 29 heavy (non-hydrogen) atoms. The van der Waals surface area contributed by atoms with Crippen molar-refractivity contribution in [1.82, 2.24) is 9.88 Å². The van der Waals surface area contributed by atoms with E-state index in [1.807, 2.05) is 53.7 Å². The fourth-order valence-corrected chi connectivity index (χ4v) is 4.36. The van der Waals surface area contributed by atoms with Crippen LogP contribution in [-0.4, -0.2) is 47.8 Å². The van der Waals surface area contributed by atoms with Crippen LogP contribution in [0.2, 0.25) is 0 Å². The zero-order chi connectivity index (χ0) is 20.2. The highest BCUT2D eigenvalue weighted by Crippen LogP contribution is 2.33. The number of aromatic nitrogens is 1. The van der Waals surface area contributed by atoms with Gasteiger partial charge in [-0.05, 0) is 42.5 Å². The average Bonchev–Trinajstić information content (AvgIpc) is 2.94. The molecule has 0 bridgehead atoms. The molecule has 0 radical (unpaired) electrons. The van der Waals surface area contributed by atoms with Crippen molar-refractivity contribution in [2.24, 2.45) is 0 Å². The molecule has 5 nitrogen and oxygen atoms in total. The number of allylic oxidation sites excluding steroid dienone is 1. The van der Waals surface area contributed by atoms with Crippen molar-refractivity contribution in [3.63, 3.8) is 0 Å². The second kappa shape index (κ2) is 8.60. The number of carbonyl (C=O) groups is 2. The smallest absolute Gasteiger partial charge is 0.227 e. The zero-order valence-electron chi connectivity index (χ0n) is 16.9. The summed E-state index contributed by atoms with van der Waals surface area (Å²) in [4.78, 5) is 34.0. The van der Waals surface area contributed by atoms with Crippen LogP contribution in [0.15, 0.2) is 54.4 Å². The highest BCUT2D eigenvalue weighted by Gasteiger charge is 2.28. The molecule has 1 aliphatic heterocycles. The molecule has 1 saturated heterocycles. The molecule has 0 spiro atoms. The third-order valence-electron chi connectivity index (χ3n) is 5.93. The van der Waals surface area contributed by atoms with Crippen molar-refractivity contribution in [3.8, 4) is 0 Å². The van der Waals surface area contributed by atoms with Crippen molar-refractivity contribution >= 4 is 23.0 Å². The van der Waals surface area contributed by atoms with Gasteiger partial charge in [0.05, 0.1) is 6.42 Å². The lowest BCUT2D eigenvalue weighted by atomic mass is 9.99. The van der Waals surface area contributed by atoms with Crippen molar-refractivity contribution in [3.05, 3.63) is 65.5 Å². The molecule has 1 amide bonds. The quantitative estimate of drug-likeness (QED) is 0.801. The standard InChI is InChI=1S/C24H27N3O2/c1-18-17-25-11-10-22(18)26-12-5-13-27(15-14-26)24(29)16-21-20(8-9-23(21)28)19-6-3-2-4-7-19/h2-4,6-7,10-11,17H,5,8-9,12-16H2,1H3. The number of pyridine rings is 1.